The summed E-state index contributed by atoms with van der Waals surface area (Å²) in [6.07, 6.45) is 6.27. The summed E-state index contributed by atoms with van der Waals surface area (Å²) in [4.78, 5) is 26.9. The number of halogens is 1. The summed E-state index contributed by atoms with van der Waals surface area (Å²) in [6.45, 7) is 10.7. The smallest absolute Gasteiger partial charge is 0.259 e. The second-order valence-corrected chi connectivity index (χ2v) is 8.80. The van der Waals surface area contributed by atoms with Crippen molar-refractivity contribution in [2.24, 2.45) is 0 Å². The van der Waals surface area contributed by atoms with Crippen LogP contribution in [0.25, 0.3) is 4.85 Å². The Morgan fingerprint density at radius 2 is 1.94 bits per heavy atom. The van der Waals surface area contributed by atoms with Crippen LogP contribution in [0.1, 0.15) is 31.7 Å². The fourth-order valence-corrected chi connectivity index (χ4v) is 4.65. The largest absolute Gasteiger partial charge is 0.505 e. The lowest BCUT2D eigenvalue weighted by molar-refractivity contribution is -0.120. The molecule has 0 saturated carbocycles. The fraction of sp³-hybridized carbons (Fsp3) is 0.280. The number of imidazole rings is 1. The van der Waals surface area contributed by atoms with Gasteiger partial charge in [-0.05, 0) is 62.7 Å². The zero-order chi connectivity index (χ0) is 24.5. The van der Waals surface area contributed by atoms with Crippen molar-refractivity contribution in [2.75, 3.05) is 16.9 Å². The maximum absolute atomic E-state index is 15.2. The summed E-state index contributed by atoms with van der Waals surface area (Å²) in [6, 6.07) is 10.7. The van der Waals surface area contributed by atoms with Crippen molar-refractivity contribution in [3.63, 3.8) is 0 Å². The number of nitrogens with zero attached hydrogens (tertiary/aromatic N) is 4. The summed E-state index contributed by atoms with van der Waals surface area (Å²) in [7, 11) is 1.29. The van der Waals surface area contributed by atoms with E-state index in [2.05, 4.69) is 14.8 Å². The first-order chi connectivity index (χ1) is 16.3. The van der Waals surface area contributed by atoms with Crippen molar-refractivity contribution in [1.82, 2.24) is 9.97 Å². The second kappa shape index (κ2) is 9.23. The van der Waals surface area contributed by atoms with E-state index in [0.717, 1.165) is 36.3 Å². The number of ether oxygens (including phenoxy) is 1. The number of benzene rings is 2. The Morgan fingerprint density at radius 3 is 2.56 bits per heavy atom. The average Bonchev–Trinajstić information content (AvgIpc) is 3.39. The molecule has 0 aliphatic carbocycles. The zero-order valence-corrected chi connectivity index (χ0v) is 19.9. The Balaban J connectivity index is 1.58. The van der Waals surface area contributed by atoms with Crippen LogP contribution in [0, 0.1) is 12.4 Å². The molecular formula is C25H24FN5O2S. The third kappa shape index (κ3) is 4.01. The van der Waals surface area contributed by atoms with Crippen LogP contribution in [0.5, 0.6) is 5.75 Å². The number of aromatic nitrogens is 2. The van der Waals surface area contributed by atoms with Crippen LogP contribution in [0.15, 0.2) is 48.8 Å². The summed E-state index contributed by atoms with van der Waals surface area (Å²) < 4.78 is 20.3. The van der Waals surface area contributed by atoms with Crippen LogP contribution < -0.4 is 14.5 Å². The number of amides is 1. The predicted molar refractivity (Wildman–Crippen MR) is 133 cm³/mol. The molecule has 34 heavy (non-hydrogen) atoms. The summed E-state index contributed by atoms with van der Waals surface area (Å²) >= 11 is 5.65. The van der Waals surface area contributed by atoms with Crippen molar-refractivity contribution >= 4 is 40.3 Å². The minimum absolute atomic E-state index is 0.0278. The van der Waals surface area contributed by atoms with Gasteiger partial charge in [0.25, 0.3) is 5.91 Å². The summed E-state index contributed by atoms with van der Waals surface area (Å²) in [5.41, 5.74) is 0.859. The molecule has 0 unspecified atom stereocenters. The molecule has 9 heteroatoms. The number of rotatable bonds is 7. The minimum Gasteiger partial charge on any atom is -0.505 e. The molecule has 2 aromatic carbocycles. The lowest BCUT2D eigenvalue weighted by atomic mass is 10.0. The van der Waals surface area contributed by atoms with Gasteiger partial charge in [-0.15, -0.1) is 0 Å². The van der Waals surface area contributed by atoms with Gasteiger partial charge in [-0.1, -0.05) is 18.2 Å². The molecule has 3 aromatic rings. The quantitative estimate of drug-likeness (QED) is 0.374. The van der Waals surface area contributed by atoms with Gasteiger partial charge >= 0.3 is 0 Å². The van der Waals surface area contributed by atoms with E-state index in [1.807, 2.05) is 30.5 Å². The molecule has 0 bridgehead atoms. The highest BCUT2D eigenvalue weighted by Crippen LogP contribution is 2.41. The molecule has 7 nitrogen and oxygen atoms in total. The molecule has 0 radical (unpaired) electrons. The molecule has 1 aromatic heterocycles. The van der Waals surface area contributed by atoms with Crippen molar-refractivity contribution < 1.29 is 13.9 Å². The van der Waals surface area contributed by atoms with Gasteiger partial charge < -0.3 is 14.6 Å². The van der Waals surface area contributed by atoms with Crippen LogP contribution >= 0.6 is 12.2 Å². The number of aryl methyl sites for hydroxylation is 2. The Hall–Kier alpha value is -3.77. The first kappa shape index (κ1) is 23.4. The molecule has 1 fully saturated rings. The van der Waals surface area contributed by atoms with Crippen molar-refractivity contribution in [3.8, 4) is 5.75 Å². The number of nitrogens with one attached hydrogen (secondary N) is 1. The van der Waals surface area contributed by atoms with Gasteiger partial charge in [0.15, 0.2) is 16.7 Å². The van der Waals surface area contributed by atoms with Crippen LogP contribution in [-0.2, 0) is 17.6 Å². The van der Waals surface area contributed by atoms with E-state index in [0.29, 0.717) is 0 Å². The molecule has 1 N–H and O–H groups in total. The normalized spacial score (nSPS) is 15.0. The molecule has 1 aliphatic heterocycles. The molecule has 174 valence electrons. The molecule has 4 rings (SSSR count). The Labute approximate surface area is 203 Å². The molecule has 1 aliphatic rings. The number of carbonyl (C=O) groups is 1. The van der Waals surface area contributed by atoms with E-state index < -0.39 is 11.4 Å². The molecule has 1 amide bonds. The first-order valence-electron chi connectivity index (χ1n) is 10.8. The number of H-pyrrole nitrogens is 1. The van der Waals surface area contributed by atoms with E-state index >= 15 is 4.39 Å². The highest BCUT2D eigenvalue weighted by Gasteiger charge is 2.51. The molecule has 0 spiro atoms. The van der Waals surface area contributed by atoms with Gasteiger partial charge in [0, 0.05) is 24.5 Å². The molecule has 0 atom stereocenters. The number of thiocarbonyl (C=S) groups is 1. The van der Waals surface area contributed by atoms with Gasteiger partial charge in [0.05, 0.1) is 19.4 Å². The van der Waals surface area contributed by atoms with Gasteiger partial charge in [0.1, 0.15) is 11.4 Å². The van der Waals surface area contributed by atoms with Crippen LogP contribution in [0.2, 0.25) is 0 Å². The molecule has 2 heterocycles. The topological polar surface area (TPSA) is 65.8 Å². The van der Waals surface area contributed by atoms with Gasteiger partial charge in [-0.25, -0.2) is 14.2 Å². The number of anilines is 2. The Bertz CT molecular complexity index is 1270. The van der Waals surface area contributed by atoms with Crippen LogP contribution in [0.4, 0.5) is 21.5 Å². The third-order valence-corrected chi connectivity index (χ3v) is 6.28. The minimum atomic E-state index is -1.03. The van der Waals surface area contributed by atoms with Gasteiger partial charge in [0.2, 0.25) is 5.69 Å². The monoisotopic (exact) mass is 477 g/mol. The lowest BCUT2D eigenvalue weighted by Gasteiger charge is -2.29. The predicted octanol–water partition coefficient (Wildman–Crippen LogP) is 5.20. The summed E-state index contributed by atoms with van der Waals surface area (Å²) in [5, 5.41) is 0.164. The van der Waals surface area contributed by atoms with Gasteiger partial charge in [-0.2, -0.15) is 0 Å². The first-order valence-corrected chi connectivity index (χ1v) is 11.2. The maximum Gasteiger partial charge on any atom is 0.259 e. The summed E-state index contributed by atoms with van der Waals surface area (Å²) in [5.74, 6) is -0.404. The van der Waals surface area contributed by atoms with Crippen molar-refractivity contribution in [3.05, 3.63) is 77.4 Å². The average molecular weight is 478 g/mol. The zero-order valence-electron chi connectivity index (χ0n) is 19.1. The van der Waals surface area contributed by atoms with Gasteiger partial charge in [-0.3, -0.25) is 9.69 Å². The Kier molecular flexibility index (Phi) is 6.35. The molecule has 1 saturated heterocycles. The number of methoxy groups -OCH3 is 1. The third-order valence-electron chi connectivity index (χ3n) is 5.92. The number of hydrogen-bond donors (Lipinski definition) is 1. The maximum atomic E-state index is 15.2. The molecular weight excluding hydrogens is 453 g/mol. The lowest BCUT2D eigenvalue weighted by Crippen LogP contribution is -2.44. The standard InChI is InChI=1S/C25H24FN5O2S/c1-25(2)23(32)30(19-13-12-18(27-3)22(33-4)21(19)26)24(34)31(25)17-10-8-16(9-11-17)6-5-7-20-28-14-15-29-20/h8-15H,5-7H2,1-2,4H3,(H,28,29). The highest BCUT2D eigenvalue weighted by atomic mass is 32.1. The fourth-order valence-electron chi connectivity index (χ4n) is 4.14. The van der Waals surface area contributed by atoms with E-state index in [1.165, 1.54) is 24.1 Å². The van der Waals surface area contributed by atoms with Crippen LogP contribution in [-0.4, -0.2) is 33.6 Å². The SMILES string of the molecule is [C-]#[N+]c1ccc(N2C(=O)C(C)(C)N(c3ccc(CCCc4ncc[nH]4)cc3)C2=S)c(F)c1OC. The van der Waals surface area contributed by atoms with E-state index in [1.54, 1.807) is 24.9 Å². The number of aromatic amines is 1. The number of carbonyl (C=O) groups excluding carboxylic acids is 1. The van der Waals surface area contributed by atoms with Crippen molar-refractivity contribution in [2.45, 2.75) is 38.6 Å². The van der Waals surface area contributed by atoms with E-state index in [-0.39, 0.29) is 28.1 Å². The number of hydrogen-bond acceptors (Lipinski definition) is 4. The van der Waals surface area contributed by atoms with E-state index in [4.69, 9.17) is 23.5 Å². The second-order valence-electron chi connectivity index (χ2n) is 8.44. The highest BCUT2D eigenvalue weighted by molar-refractivity contribution is 7.81. The van der Waals surface area contributed by atoms with E-state index in [9.17, 15) is 4.79 Å². The Morgan fingerprint density at radius 1 is 1.21 bits per heavy atom. The van der Waals surface area contributed by atoms with Crippen LogP contribution in [0.3, 0.4) is 0 Å². The van der Waals surface area contributed by atoms with Crippen molar-refractivity contribution in [1.29, 1.82) is 0 Å².